The predicted molar refractivity (Wildman–Crippen MR) is 444 cm³/mol. The van der Waals surface area contributed by atoms with Crippen molar-refractivity contribution in [1.82, 2.24) is 0 Å². The van der Waals surface area contributed by atoms with Gasteiger partial charge in [0, 0.05) is 77.9 Å². The van der Waals surface area contributed by atoms with E-state index >= 15 is 0 Å². The van der Waals surface area contributed by atoms with Crippen LogP contribution in [0.3, 0.4) is 0 Å². The Labute approximate surface area is 676 Å². The molecule has 0 radical (unpaired) electrons. The third kappa shape index (κ3) is 17.9. The normalized spacial score (nSPS) is 11.3. The van der Waals surface area contributed by atoms with Gasteiger partial charge in [-0.3, -0.25) is 0 Å². The number of aromatic nitrogens is 10. The van der Waals surface area contributed by atoms with Crippen LogP contribution in [0.4, 0.5) is 22.0 Å². The van der Waals surface area contributed by atoms with Gasteiger partial charge in [0.2, 0.25) is 28.5 Å². The first-order valence-electron chi connectivity index (χ1n) is 36.8. The van der Waals surface area contributed by atoms with E-state index in [0.29, 0.717) is 27.8 Å². The van der Waals surface area contributed by atoms with Crippen LogP contribution in [0.2, 0.25) is 0 Å². The fourth-order valence-corrected chi connectivity index (χ4v) is 19.1. The molecule has 0 aliphatic carbocycles. The zero-order valence-corrected chi connectivity index (χ0v) is 71.5. The molecule has 10 heterocycles. The molecule has 5 aromatic carbocycles. The van der Waals surface area contributed by atoms with E-state index in [4.69, 9.17) is 0 Å². The highest BCUT2D eigenvalue weighted by Gasteiger charge is 2.35. The van der Waals surface area contributed by atoms with E-state index in [1.165, 1.54) is 134 Å². The lowest BCUT2D eigenvalue weighted by atomic mass is 9.86. The molecule has 112 heavy (non-hydrogen) atoms. The lowest BCUT2D eigenvalue weighted by molar-refractivity contribution is -0.660. The number of benzene rings is 5. The van der Waals surface area contributed by atoms with Gasteiger partial charge in [-0.1, -0.05) is 95.7 Å². The Morgan fingerprint density at radius 2 is 0.598 bits per heavy atom. The van der Waals surface area contributed by atoms with Crippen molar-refractivity contribution in [2.24, 2.45) is 70.5 Å². The van der Waals surface area contributed by atoms with E-state index in [0.717, 1.165) is 33.0 Å². The Balaban J connectivity index is 0.000000139. The molecule has 0 aliphatic heterocycles. The maximum Gasteiger partial charge on any atom is 0.416 e. The molecule has 0 amide bonds. The van der Waals surface area contributed by atoms with E-state index in [-0.39, 0.29) is 5.41 Å². The summed E-state index contributed by atoms with van der Waals surface area (Å²) >= 11 is 8.24. The maximum absolute atomic E-state index is 14.4. The largest absolute Gasteiger partial charge is 0.416 e. The molecule has 0 aliphatic rings. The summed E-state index contributed by atoms with van der Waals surface area (Å²) in [5, 5.41) is 15.7. The molecule has 0 atom stereocenters. The van der Waals surface area contributed by atoms with Crippen molar-refractivity contribution in [2.45, 2.75) is 80.8 Å². The Morgan fingerprint density at radius 1 is 0.259 bits per heavy atom. The van der Waals surface area contributed by atoms with Gasteiger partial charge < -0.3 is 0 Å². The lowest BCUT2D eigenvalue weighted by Crippen LogP contribution is -2.32. The zero-order chi connectivity index (χ0) is 80.8. The fourth-order valence-electron chi connectivity index (χ4n) is 14.3. The lowest BCUT2D eigenvalue weighted by Gasteiger charge is -2.19. The minimum absolute atomic E-state index is 0.148. The van der Waals surface area contributed by atoms with E-state index in [1.807, 2.05) is 125 Å². The van der Waals surface area contributed by atoms with Gasteiger partial charge in [-0.2, -0.15) is 36.0 Å². The van der Waals surface area contributed by atoms with Gasteiger partial charge in [-0.25, -0.2) is 31.6 Å². The van der Waals surface area contributed by atoms with Gasteiger partial charge in [0.05, 0.1) is 77.0 Å². The number of aryl methyl sites for hydroxylation is 12. The van der Waals surface area contributed by atoms with Gasteiger partial charge in [0.15, 0.2) is 62.0 Å². The van der Waals surface area contributed by atoms with Crippen molar-refractivity contribution in [3.05, 3.63) is 296 Å². The summed E-state index contributed by atoms with van der Waals surface area (Å²) in [6, 6.07) is 47.3. The molecule has 572 valence electrons. The third-order valence-corrected chi connectivity index (χ3v) is 25.4. The SMILES string of the molecule is Cc1c(-c2cc(C(C)(C)C)cc[n+]2C)cccc1-c1scc[n+]1C.Cc1c(-c2cccc[n+]2C)c(F)cc(F)c1-c1scc[n+]1C.Cc1c(-c2cccc[n+]2C)cc(C(F)(F)F)cc1-c1scc[n+]1C.Cc1c(-c2cccc[n+]2C)cccc1-c1scc[n+]1C.Cc1cc(C)c(-c2scc[n+]2C)c(C)c1-c1cccc[n+]1C. The van der Waals surface area contributed by atoms with Crippen molar-refractivity contribution in [3.8, 4) is 109 Å². The highest BCUT2D eigenvalue weighted by Crippen LogP contribution is 2.42. The first kappa shape index (κ1) is 82.6. The van der Waals surface area contributed by atoms with Crippen LogP contribution in [0.15, 0.2) is 234 Å². The highest BCUT2D eigenvalue weighted by molar-refractivity contribution is 7.13. The molecule has 0 N–H and O–H groups in total. The Bertz CT molecular complexity index is 5770. The van der Waals surface area contributed by atoms with Crippen LogP contribution >= 0.6 is 56.7 Å². The van der Waals surface area contributed by atoms with Gasteiger partial charge in [0.1, 0.15) is 82.1 Å². The fraction of sp³-hybridized carbons (Fsp3) is 0.239. The molecule has 15 aromatic rings. The van der Waals surface area contributed by atoms with E-state index in [9.17, 15) is 22.0 Å². The van der Waals surface area contributed by atoms with Crippen molar-refractivity contribution in [3.63, 3.8) is 0 Å². The topological polar surface area (TPSA) is 38.8 Å². The minimum atomic E-state index is -4.39. The Hall–Kier alpha value is -10.4. The summed E-state index contributed by atoms with van der Waals surface area (Å²) in [7, 11) is 20.0. The van der Waals surface area contributed by atoms with Gasteiger partial charge >= 0.3 is 6.18 Å². The van der Waals surface area contributed by atoms with Crippen LogP contribution in [-0.4, -0.2) is 0 Å². The smallest absolute Gasteiger partial charge is 0.206 e. The molecular weight excluding hydrogens is 1500 g/mol. The van der Waals surface area contributed by atoms with Crippen molar-refractivity contribution >= 4 is 56.7 Å². The van der Waals surface area contributed by atoms with Crippen LogP contribution in [0.25, 0.3) is 109 Å². The Morgan fingerprint density at radius 3 is 1.02 bits per heavy atom. The van der Waals surface area contributed by atoms with Crippen LogP contribution in [0, 0.1) is 60.1 Å². The van der Waals surface area contributed by atoms with Crippen LogP contribution < -0.4 is 45.7 Å². The monoisotopic (exact) mass is 1600 g/mol. The molecule has 0 unspecified atom stereocenters. The quantitative estimate of drug-likeness (QED) is 0.0967. The summed E-state index contributed by atoms with van der Waals surface area (Å²) in [6.07, 6.45) is 15.7. The molecule has 20 heteroatoms. The number of halogens is 5. The second-order valence-corrected chi connectivity index (χ2v) is 33.8. The van der Waals surface area contributed by atoms with Crippen molar-refractivity contribution in [2.75, 3.05) is 0 Å². The van der Waals surface area contributed by atoms with Crippen LogP contribution in [0.5, 0.6) is 0 Å². The highest BCUT2D eigenvalue weighted by atomic mass is 32.1. The van der Waals surface area contributed by atoms with E-state index < -0.39 is 23.4 Å². The van der Waals surface area contributed by atoms with E-state index in [2.05, 4.69) is 269 Å². The number of pyridine rings is 5. The molecule has 15 rings (SSSR count). The number of alkyl halides is 3. The van der Waals surface area contributed by atoms with Crippen LogP contribution in [-0.2, 0) is 82.1 Å². The van der Waals surface area contributed by atoms with E-state index in [1.54, 1.807) is 40.9 Å². The maximum atomic E-state index is 14.4. The van der Waals surface area contributed by atoms with Crippen molar-refractivity contribution < 1.29 is 67.6 Å². The van der Waals surface area contributed by atoms with Gasteiger partial charge in [0.25, 0.3) is 25.0 Å². The van der Waals surface area contributed by atoms with Gasteiger partial charge in [-0.05, 0) is 159 Å². The average molecular weight is 1600 g/mol. The molecule has 0 fully saturated rings. The second kappa shape index (κ2) is 35.1. The first-order valence-corrected chi connectivity index (χ1v) is 41.2. The standard InChI is InChI=1S/C21H26N2S.C19H22N2S.C18H17F3N2S.C17H16F2N2S.C17H18N2S/c1-15-17(8-7-9-18(15)20-23(6)12-13-24-20)19-14-16(21(2,3)4)10-11-22(19)5;1-13-12-14(2)18(19-21(5)10-11-22-19)15(3)17(13)16-8-6-7-9-20(16)4;1-12-14(16-6-4-5-7-22(16)2)10-13(18(19,20)21)11-15(12)17-23(3)8-9-24-17;1-11-15(14-6-4-5-7-20(14)2)12(18)10-13(19)16(11)17-21(3)8-9-22-17;1-13-14(16-9-4-5-10-18(16)2)7-6-8-15(13)17-19(3)11-12-20-17/h7-14H,1-6H3;6-12H,1-5H3;4-11H,1-3H3;4-10H,1-3H3;4-12H,1-3H3/q5*+2. The molecule has 0 bridgehead atoms. The van der Waals surface area contributed by atoms with Crippen LogP contribution in [0.1, 0.15) is 70.8 Å². The molecule has 0 saturated heterocycles. The predicted octanol–water partition coefficient (Wildman–Crippen LogP) is 18.4. The number of thiazole rings is 5. The second-order valence-electron chi connectivity index (χ2n) is 29.3. The van der Waals surface area contributed by atoms with Gasteiger partial charge in [-0.15, -0.1) is 0 Å². The summed E-state index contributed by atoms with van der Waals surface area (Å²) < 4.78 is 89.7. The molecule has 10 aromatic heterocycles. The zero-order valence-electron chi connectivity index (χ0n) is 67.4. The number of rotatable bonds is 10. The summed E-state index contributed by atoms with van der Waals surface area (Å²) in [6.45, 7) is 21.5. The summed E-state index contributed by atoms with van der Waals surface area (Å²) in [4.78, 5) is 0. The number of nitrogens with zero attached hydrogens (tertiary/aromatic N) is 10. The molecular formula is C92H99F5N10S5+10. The minimum Gasteiger partial charge on any atom is -0.206 e. The summed E-state index contributed by atoms with van der Waals surface area (Å²) in [5.74, 6) is -1.07. The van der Waals surface area contributed by atoms with Crippen molar-refractivity contribution in [1.29, 1.82) is 0 Å². The summed E-state index contributed by atoms with van der Waals surface area (Å²) in [5.41, 5.74) is 24.3. The molecule has 0 spiro atoms. The Kier molecular flexibility index (Phi) is 25.9. The average Bonchev–Trinajstić information content (AvgIpc) is 1.35. The molecule has 10 nitrogen and oxygen atoms in total. The number of hydrogen-bond donors (Lipinski definition) is 0. The molecule has 0 saturated carbocycles. The first-order chi connectivity index (χ1) is 53.3. The number of hydrogen-bond acceptors (Lipinski definition) is 5. The third-order valence-electron chi connectivity index (χ3n) is 20.5.